The van der Waals surface area contributed by atoms with E-state index >= 15 is 0 Å². The molecule has 0 aliphatic carbocycles. The van der Waals surface area contributed by atoms with E-state index in [4.69, 9.17) is 5.11 Å². The van der Waals surface area contributed by atoms with E-state index in [0.717, 1.165) is 6.42 Å². The maximum absolute atomic E-state index is 11.4. The van der Waals surface area contributed by atoms with Gasteiger partial charge < -0.3 is 15.7 Å². The summed E-state index contributed by atoms with van der Waals surface area (Å²) in [6.07, 6.45) is 2.11. The summed E-state index contributed by atoms with van der Waals surface area (Å²) < 4.78 is 0. The van der Waals surface area contributed by atoms with Gasteiger partial charge in [0.1, 0.15) is 6.04 Å². The Morgan fingerprint density at radius 3 is 2.22 bits per heavy atom. The lowest BCUT2D eigenvalue weighted by molar-refractivity contribution is -0.142. The Kier molecular flexibility index (Phi) is 8.61. The molecular formula is C12H22N2O4. The Bertz CT molecular complexity index is 292. The van der Waals surface area contributed by atoms with Crippen molar-refractivity contribution in [2.75, 3.05) is 6.54 Å². The average Bonchev–Trinajstić information content (AvgIpc) is 2.33. The third-order valence-electron chi connectivity index (χ3n) is 2.42. The van der Waals surface area contributed by atoms with Crippen molar-refractivity contribution in [3.63, 3.8) is 0 Å². The molecule has 1 unspecified atom stereocenters. The van der Waals surface area contributed by atoms with Gasteiger partial charge in [-0.3, -0.25) is 9.59 Å². The predicted molar refractivity (Wildman–Crippen MR) is 67.0 cm³/mol. The lowest BCUT2D eigenvalue weighted by Gasteiger charge is -2.11. The minimum absolute atomic E-state index is 0.0741. The summed E-state index contributed by atoms with van der Waals surface area (Å²) in [5.74, 6) is -1.44. The van der Waals surface area contributed by atoms with E-state index < -0.39 is 12.0 Å². The molecule has 2 amide bonds. The maximum atomic E-state index is 11.4. The van der Waals surface area contributed by atoms with Crippen molar-refractivity contribution in [1.82, 2.24) is 10.6 Å². The highest BCUT2D eigenvalue weighted by Gasteiger charge is 2.17. The van der Waals surface area contributed by atoms with Crippen LogP contribution in [-0.2, 0) is 14.4 Å². The molecule has 0 aliphatic heterocycles. The van der Waals surface area contributed by atoms with Crippen LogP contribution in [0, 0.1) is 0 Å². The van der Waals surface area contributed by atoms with E-state index in [9.17, 15) is 14.4 Å². The molecule has 104 valence electrons. The minimum Gasteiger partial charge on any atom is -0.480 e. The number of carboxylic acids is 1. The van der Waals surface area contributed by atoms with Gasteiger partial charge in [0.05, 0.1) is 0 Å². The van der Waals surface area contributed by atoms with Gasteiger partial charge in [-0.15, -0.1) is 0 Å². The fourth-order valence-electron chi connectivity index (χ4n) is 1.37. The SMILES string of the molecule is CCCNC(=O)CCCC(=O)NC(CC)C(=O)O. The van der Waals surface area contributed by atoms with Crippen LogP contribution in [0.15, 0.2) is 0 Å². The number of carbonyl (C=O) groups is 3. The van der Waals surface area contributed by atoms with Crippen molar-refractivity contribution in [2.24, 2.45) is 0 Å². The van der Waals surface area contributed by atoms with Crippen LogP contribution in [0.3, 0.4) is 0 Å². The second-order valence-corrected chi connectivity index (χ2v) is 4.07. The lowest BCUT2D eigenvalue weighted by atomic mass is 10.2. The first kappa shape index (κ1) is 16.4. The molecule has 0 radical (unpaired) electrons. The number of amides is 2. The Hall–Kier alpha value is -1.59. The smallest absolute Gasteiger partial charge is 0.326 e. The molecule has 0 aromatic heterocycles. The monoisotopic (exact) mass is 258 g/mol. The maximum Gasteiger partial charge on any atom is 0.326 e. The molecule has 0 heterocycles. The van der Waals surface area contributed by atoms with Crippen molar-refractivity contribution in [3.05, 3.63) is 0 Å². The molecule has 6 heteroatoms. The number of carboxylic acid groups (broad SMARTS) is 1. The molecular weight excluding hydrogens is 236 g/mol. The van der Waals surface area contributed by atoms with Gasteiger partial charge in [-0.05, 0) is 19.3 Å². The number of hydrogen-bond acceptors (Lipinski definition) is 3. The highest BCUT2D eigenvalue weighted by atomic mass is 16.4. The van der Waals surface area contributed by atoms with Crippen LogP contribution < -0.4 is 10.6 Å². The molecule has 0 spiro atoms. The zero-order chi connectivity index (χ0) is 14.0. The molecule has 0 bridgehead atoms. The zero-order valence-electron chi connectivity index (χ0n) is 11.0. The molecule has 0 saturated heterocycles. The normalized spacial score (nSPS) is 11.7. The first-order chi connectivity index (χ1) is 8.51. The summed E-state index contributed by atoms with van der Waals surface area (Å²) in [6, 6.07) is -0.841. The zero-order valence-corrected chi connectivity index (χ0v) is 11.0. The van der Waals surface area contributed by atoms with Crippen molar-refractivity contribution < 1.29 is 19.5 Å². The quantitative estimate of drug-likeness (QED) is 0.566. The molecule has 1 atom stereocenters. The van der Waals surface area contributed by atoms with Crippen LogP contribution in [0.4, 0.5) is 0 Å². The average molecular weight is 258 g/mol. The Morgan fingerprint density at radius 2 is 1.72 bits per heavy atom. The van der Waals surface area contributed by atoms with Gasteiger partial charge in [0.2, 0.25) is 11.8 Å². The second kappa shape index (κ2) is 9.44. The Balaban J connectivity index is 3.76. The molecule has 3 N–H and O–H groups in total. The number of hydrogen-bond donors (Lipinski definition) is 3. The van der Waals surface area contributed by atoms with Crippen LogP contribution in [0.25, 0.3) is 0 Å². The highest BCUT2D eigenvalue weighted by molar-refractivity contribution is 5.84. The van der Waals surface area contributed by atoms with Crippen LogP contribution in [0.5, 0.6) is 0 Å². The molecule has 0 aromatic rings. The summed E-state index contributed by atoms with van der Waals surface area (Å²) in [6.45, 7) is 4.30. The lowest BCUT2D eigenvalue weighted by Crippen LogP contribution is -2.40. The number of carbonyl (C=O) groups excluding carboxylic acids is 2. The molecule has 0 fully saturated rings. The summed E-state index contributed by atoms with van der Waals surface area (Å²) in [5, 5.41) is 13.9. The molecule has 0 rings (SSSR count). The minimum atomic E-state index is -1.04. The molecule has 0 aliphatic rings. The summed E-state index contributed by atoms with van der Waals surface area (Å²) in [4.78, 5) is 33.3. The van der Waals surface area contributed by atoms with Crippen LogP contribution in [0.2, 0.25) is 0 Å². The number of nitrogens with one attached hydrogen (secondary N) is 2. The van der Waals surface area contributed by atoms with Crippen molar-refractivity contribution in [1.29, 1.82) is 0 Å². The number of aliphatic carboxylic acids is 1. The third kappa shape index (κ3) is 7.65. The van der Waals surface area contributed by atoms with Crippen molar-refractivity contribution in [3.8, 4) is 0 Å². The van der Waals surface area contributed by atoms with Crippen LogP contribution in [0.1, 0.15) is 46.0 Å². The third-order valence-corrected chi connectivity index (χ3v) is 2.42. The Morgan fingerprint density at radius 1 is 1.11 bits per heavy atom. The Labute approximate surface area is 107 Å². The van der Waals surface area contributed by atoms with Crippen molar-refractivity contribution >= 4 is 17.8 Å². The van der Waals surface area contributed by atoms with Gasteiger partial charge in [0, 0.05) is 19.4 Å². The first-order valence-corrected chi connectivity index (χ1v) is 6.30. The standard InChI is InChI=1S/C12H22N2O4/c1-3-8-13-10(15)6-5-7-11(16)14-9(4-2)12(17)18/h9H,3-8H2,1-2H3,(H,13,15)(H,14,16)(H,17,18). The predicted octanol–water partition coefficient (Wildman–Crippen LogP) is 0.662. The molecule has 6 nitrogen and oxygen atoms in total. The van der Waals surface area contributed by atoms with Gasteiger partial charge in [0.15, 0.2) is 0 Å². The topological polar surface area (TPSA) is 95.5 Å². The summed E-state index contributed by atoms with van der Waals surface area (Å²) in [7, 11) is 0. The van der Waals surface area contributed by atoms with Gasteiger partial charge in [0.25, 0.3) is 0 Å². The van der Waals surface area contributed by atoms with Crippen molar-refractivity contribution in [2.45, 2.75) is 52.0 Å². The van der Waals surface area contributed by atoms with E-state index in [2.05, 4.69) is 10.6 Å². The largest absolute Gasteiger partial charge is 0.480 e. The fourth-order valence-corrected chi connectivity index (χ4v) is 1.37. The van der Waals surface area contributed by atoms with E-state index in [1.165, 1.54) is 0 Å². The van der Waals surface area contributed by atoms with Gasteiger partial charge in [-0.25, -0.2) is 4.79 Å². The van der Waals surface area contributed by atoms with E-state index in [-0.39, 0.29) is 24.7 Å². The van der Waals surface area contributed by atoms with Crippen LogP contribution >= 0.6 is 0 Å². The molecule has 0 aromatic carbocycles. The first-order valence-electron chi connectivity index (χ1n) is 6.30. The summed E-state index contributed by atoms with van der Waals surface area (Å²) >= 11 is 0. The van der Waals surface area contributed by atoms with E-state index in [1.54, 1.807) is 6.92 Å². The van der Waals surface area contributed by atoms with Gasteiger partial charge in [-0.1, -0.05) is 13.8 Å². The number of rotatable bonds is 9. The van der Waals surface area contributed by atoms with E-state index in [1.807, 2.05) is 6.92 Å². The van der Waals surface area contributed by atoms with Gasteiger partial charge in [-0.2, -0.15) is 0 Å². The van der Waals surface area contributed by atoms with Crippen LogP contribution in [-0.4, -0.2) is 35.5 Å². The molecule has 18 heavy (non-hydrogen) atoms. The summed E-state index contributed by atoms with van der Waals surface area (Å²) in [5.41, 5.74) is 0. The molecule has 0 saturated carbocycles. The van der Waals surface area contributed by atoms with Gasteiger partial charge >= 0.3 is 5.97 Å². The highest BCUT2D eigenvalue weighted by Crippen LogP contribution is 1.98. The second-order valence-electron chi connectivity index (χ2n) is 4.07. The fraction of sp³-hybridized carbons (Fsp3) is 0.750. The van der Waals surface area contributed by atoms with E-state index in [0.29, 0.717) is 19.4 Å².